The number of hydrogen-bond donors (Lipinski definition) is 0. The maximum Gasteiger partial charge on any atom is 0.272 e. The van der Waals surface area contributed by atoms with Crippen LogP contribution in [0.25, 0.3) is 11.3 Å². The van der Waals surface area contributed by atoms with Crippen LogP contribution in [0.1, 0.15) is 29.4 Å². The Kier molecular flexibility index (Phi) is 4.24. The molecule has 0 aliphatic carbocycles. The van der Waals surface area contributed by atoms with Gasteiger partial charge in [-0.2, -0.15) is 5.10 Å². The summed E-state index contributed by atoms with van der Waals surface area (Å²) in [5.41, 5.74) is 1.97. The van der Waals surface area contributed by atoms with Crippen molar-refractivity contribution in [2.45, 2.75) is 18.9 Å². The van der Waals surface area contributed by atoms with Gasteiger partial charge in [-0.05, 0) is 43.2 Å². The molecule has 0 N–H and O–H groups in total. The Morgan fingerprint density at radius 3 is 2.58 bits per heavy atom. The van der Waals surface area contributed by atoms with Gasteiger partial charge in [0.1, 0.15) is 11.5 Å². The fourth-order valence-electron chi connectivity index (χ4n) is 3.34. The zero-order valence-corrected chi connectivity index (χ0v) is 14.4. The first-order valence-corrected chi connectivity index (χ1v) is 8.57. The highest BCUT2D eigenvalue weighted by molar-refractivity contribution is 5.93. The Morgan fingerprint density at radius 2 is 1.92 bits per heavy atom. The minimum absolute atomic E-state index is 0.0367. The Hall–Kier alpha value is -3.03. The molecule has 1 aliphatic heterocycles. The Bertz CT molecular complexity index is 894. The third kappa shape index (κ3) is 3.10. The van der Waals surface area contributed by atoms with E-state index >= 15 is 0 Å². The highest BCUT2D eigenvalue weighted by atomic mass is 19.1. The molecule has 0 bridgehead atoms. The zero-order chi connectivity index (χ0) is 18.1. The monoisotopic (exact) mass is 354 g/mol. The molecular weight excluding hydrogens is 335 g/mol. The first-order chi connectivity index (χ1) is 12.6. The van der Waals surface area contributed by atoms with Gasteiger partial charge in [0, 0.05) is 31.9 Å². The van der Waals surface area contributed by atoms with Crippen molar-refractivity contribution in [1.29, 1.82) is 0 Å². The molecule has 2 aromatic heterocycles. The number of rotatable bonds is 3. The van der Waals surface area contributed by atoms with E-state index in [1.54, 1.807) is 36.1 Å². The third-order valence-electron chi connectivity index (χ3n) is 4.81. The number of hydrogen-bond acceptors (Lipinski definition) is 4. The molecule has 1 aliphatic rings. The first kappa shape index (κ1) is 16.4. The zero-order valence-electron chi connectivity index (χ0n) is 14.4. The lowest BCUT2D eigenvalue weighted by atomic mass is 10.0. The van der Waals surface area contributed by atoms with E-state index in [1.807, 2.05) is 15.8 Å². The number of piperidine rings is 1. The smallest absolute Gasteiger partial charge is 0.272 e. The maximum atomic E-state index is 13.1. The van der Waals surface area contributed by atoms with Crippen LogP contribution in [0.5, 0.6) is 0 Å². The topological polar surface area (TPSA) is 68.8 Å². The van der Waals surface area contributed by atoms with Gasteiger partial charge in [0.2, 0.25) is 0 Å². The summed E-state index contributed by atoms with van der Waals surface area (Å²) in [5.74, 6) is -0.332. The molecule has 26 heavy (non-hydrogen) atoms. The molecule has 1 saturated heterocycles. The lowest BCUT2D eigenvalue weighted by Crippen LogP contribution is -2.39. The van der Waals surface area contributed by atoms with Gasteiger partial charge in [-0.25, -0.2) is 9.07 Å². The molecule has 1 fully saturated rings. The fourth-order valence-corrected chi connectivity index (χ4v) is 3.34. The van der Waals surface area contributed by atoms with Gasteiger partial charge in [-0.3, -0.25) is 9.48 Å². The summed E-state index contributed by atoms with van der Waals surface area (Å²) in [4.78, 5) is 14.7. The van der Waals surface area contributed by atoms with Crippen molar-refractivity contribution >= 4 is 5.91 Å². The predicted octanol–water partition coefficient (Wildman–Crippen LogP) is 2.29. The number of carbonyl (C=O) groups is 1. The number of carbonyl (C=O) groups excluding carboxylic acids is 1. The van der Waals surface area contributed by atoms with Crippen molar-refractivity contribution in [3.8, 4) is 11.3 Å². The van der Waals surface area contributed by atoms with Crippen LogP contribution in [0, 0.1) is 5.82 Å². The summed E-state index contributed by atoms with van der Waals surface area (Å²) in [6.07, 6.45) is 5.22. The second kappa shape index (κ2) is 6.70. The van der Waals surface area contributed by atoms with Crippen LogP contribution in [0.2, 0.25) is 0 Å². The van der Waals surface area contributed by atoms with Gasteiger partial charge < -0.3 is 4.90 Å². The van der Waals surface area contributed by atoms with Gasteiger partial charge in [-0.1, -0.05) is 5.21 Å². The lowest BCUT2D eigenvalue weighted by Gasteiger charge is -2.31. The minimum Gasteiger partial charge on any atom is -0.337 e. The van der Waals surface area contributed by atoms with Crippen LogP contribution in [-0.4, -0.2) is 48.7 Å². The molecule has 0 spiro atoms. The van der Waals surface area contributed by atoms with Gasteiger partial charge >= 0.3 is 0 Å². The number of nitrogens with zero attached hydrogens (tertiary/aromatic N) is 6. The second-order valence-electron chi connectivity index (χ2n) is 6.45. The third-order valence-corrected chi connectivity index (χ3v) is 4.81. The second-order valence-corrected chi connectivity index (χ2v) is 6.45. The number of amides is 1. The highest BCUT2D eigenvalue weighted by Crippen LogP contribution is 2.24. The molecule has 0 atom stereocenters. The molecule has 0 radical (unpaired) electrons. The molecule has 1 aromatic carbocycles. The van der Waals surface area contributed by atoms with Crippen LogP contribution < -0.4 is 0 Å². The van der Waals surface area contributed by atoms with Gasteiger partial charge in [0.25, 0.3) is 5.91 Å². The van der Waals surface area contributed by atoms with Crippen LogP contribution in [0.15, 0.2) is 42.7 Å². The van der Waals surface area contributed by atoms with Crippen LogP contribution in [-0.2, 0) is 7.05 Å². The lowest BCUT2D eigenvalue weighted by molar-refractivity contribution is 0.0678. The SMILES string of the molecule is Cn1nc(-c2ccc(F)cc2)cc1C(=O)N1CCC(n2ccnn2)CC1. The van der Waals surface area contributed by atoms with Crippen molar-refractivity contribution < 1.29 is 9.18 Å². The Morgan fingerprint density at radius 1 is 1.19 bits per heavy atom. The van der Waals surface area contributed by atoms with E-state index in [0.717, 1.165) is 18.4 Å². The van der Waals surface area contributed by atoms with Crippen LogP contribution in [0.4, 0.5) is 4.39 Å². The molecule has 0 unspecified atom stereocenters. The molecule has 3 aromatic rings. The molecule has 1 amide bonds. The van der Waals surface area contributed by atoms with E-state index in [9.17, 15) is 9.18 Å². The van der Waals surface area contributed by atoms with Gasteiger partial charge in [0.15, 0.2) is 0 Å². The van der Waals surface area contributed by atoms with E-state index in [-0.39, 0.29) is 17.8 Å². The summed E-state index contributed by atoms with van der Waals surface area (Å²) in [6, 6.07) is 8.15. The van der Waals surface area contributed by atoms with E-state index in [2.05, 4.69) is 15.4 Å². The largest absolute Gasteiger partial charge is 0.337 e. The number of likely N-dealkylation sites (tertiary alicyclic amines) is 1. The molecule has 3 heterocycles. The summed E-state index contributed by atoms with van der Waals surface area (Å²) >= 11 is 0. The van der Waals surface area contributed by atoms with Crippen LogP contribution in [0.3, 0.4) is 0 Å². The highest BCUT2D eigenvalue weighted by Gasteiger charge is 2.27. The fraction of sp³-hybridized carbons (Fsp3) is 0.333. The van der Waals surface area contributed by atoms with Crippen molar-refractivity contribution in [1.82, 2.24) is 29.7 Å². The van der Waals surface area contributed by atoms with Crippen LogP contribution >= 0.6 is 0 Å². The molecule has 7 nitrogen and oxygen atoms in total. The summed E-state index contributed by atoms with van der Waals surface area (Å²) in [7, 11) is 1.75. The van der Waals surface area contributed by atoms with Gasteiger partial charge in [-0.15, -0.1) is 5.10 Å². The number of aromatic nitrogens is 5. The van der Waals surface area contributed by atoms with Crippen molar-refractivity contribution in [3.05, 3.63) is 54.2 Å². The maximum absolute atomic E-state index is 13.1. The van der Waals surface area contributed by atoms with E-state index in [0.29, 0.717) is 24.5 Å². The van der Waals surface area contributed by atoms with Crippen molar-refractivity contribution in [3.63, 3.8) is 0 Å². The number of benzene rings is 1. The summed E-state index contributed by atoms with van der Waals surface area (Å²) in [6.45, 7) is 1.33. The normalized spacial score (nSPS) is 15.4. The molecule has 4 rings (SSSR count). The van der Waals surface area contributed by atoms with E-state index in [1.165, 1.54) is 12.1 Å². The van der Waals surface area contributed by atoms with Crippen molar-refractivity contribution in [2.24, 2.45) is 7.05 Å². The number of aryl methyl sites for hydroxylation is 1. The standard InChI is InChI=1S/C18H19FN6O/c1-23-17(12-16(21-23)13-2-4-14(19)5-3-13)18(26)24-9-6-15(7-10-24)25-11-8-20-22-25/h2-5,8,11-12,15H,6-7,9-10H2,1H3. The molecule has 134 valence electrons. The van der Waals surface area contributed by atoms with E-state index in [4.69, 9.17) is 0 Å². The predicted molar refractivity (Wildman–Crippen MR) is 92.8 cm³/mol. The quantitative estimate of drug-likeness (QED) is 0.724. The Balaban J connectivity index is 1.48. The average Bonchev–Trinajstić information content (AvgIpc) is 3.32. The van der Waals surface area contributed by atoms with Gasteiger partial charge in [0.05, 0.1) is 17.9 Å². The molecular formula is C18H19FN6O. The molecule has 0 saturated carbocycles. The minimum atomic E-state index is -0.295. The van der Waals surface area contributed by atoms with E-state index < -0.39 is 0 Å². The number of halogens is 1. The van der Waals surface area contributed by atoms with Crippen molar-refractivity contribution in [2.75, 3.05) is 13.1 Å². The first-order valence-electron chi connectivity index (χ1n) is 8.57. The molecule has 8 heteroatoms. The summed E-state index contributed by atoms with van der Waals surface area (Å²) < 4.78 is 16.5. The summed E-state index contributed by atoms with van der Waals surface area (Å²) in [5, 5.41) is 12.3. The average molecular weight is 354 g/mol. The Labute approximate surface area is 150 Å².